The molecular weight excluding hydrogens is 228 g/mol. The molecule has 1 atom stereocenters. The van der Waals surface area contributed by atoms with Gasteiger partial charge in [-0.15, -0.1) is 6.58 Å². The van der Waals surface area contributed by atoms with Crippen LogP contribution < -0.4 is 5.32 Å². The van der Waals surface area contributed by atoms with Gasteiger partial charge >= 0.3 is 0 Å². The number of rotatable bonds is 7. The van der Waals surface area contributed by atoms with Gasteiger partial charge < -0.3 is 10.4 Å². The number of aliphatic hydroxyl groups excluding tert-OH is 1. The summed E-state index contributed by atoms with van der Waals surface area (Å²) >= 11 is 0. The van der Waals surface area contributed by atoms with Crippen molar-refractivity contribution >= 4 is 5.91 Å². The number of hydrogen-bond acceptors (Lipinski definition) is 3. The molecule has 1 aliphatic rings. The second-order valence-corrected chi connectivity index (χ2v) is 5.03. The maximum atomic E-state index is 12.1. The fourth-order valence-electron chi connectivity index (χ4n) is 2.47. The van der Waals surface area contributed by atoms with Crippen molar-refractivity contribution in [2.24, 2.45) is 0 Å². The van der Waals surface area contributed by atoms with Crippen molar-refractivity contribution in [2.45, 2.75) is 51.1 Å². The number of nitrogens with one attached hydrogen (secondary N) is 1. The van der Waals surface area contributed by atoms with Crippen molar-refractivity contribution in [3.63, 3.8) is 0 Å². The monoisotopic (exact) mass is 254 g/mol. The smallest absolute Gasteiger partial charge is 0.237 e. The van der Waals surface area contributed by atoms with E-state index in [1.54, 1.807) is 6.08 Å². The third-order valence-electron chi connectivity index (χ3n) is 3.63. The maximum absolute atomic E-state index is 12.1. The lowest BCUT2D eigenvalue weighted by Crippen LogP contribution is -2.49. The number of carbonyl (C=O) groups excluding carboxylic acids is 1. The van der Waals surface area contributed by atoms with E-state index in [2.05, 4.69) is 11.9 Å². The van der Waals surface area contributed by atoms with Crippen LogP contribution in [0.1, 0.15) is 39.0 Å². The summed E-state index contributed by atoms with van der Waals surface area (Å²) < 4.78 is 0. The molecule has 4 nitrogen and oxygen atoms in total. The third kappa shape index (κ3) is 4.78. The predicted molar refractivity (Wildman–Crippen MR) is 73.3 cm³/mol. The van der Waals surface area contributed by atoms with Gasteiger partial charge in [0.25, 0.3) is 0 Å². The Morgan fingerprint density at radius 1 is 1.50 bits per heavy atom. The molecule has 104 valence electrons. The van der Waals surface area contributed by atoms with E-state index in [9.17, 15) is 4.79 Å². The summed E-state index contributed by atoms with van der Waals surface area (Å²) in [6, 6.07) is 0.130. The molecule has 0 radical (unpaired) electrons. The SMILES string of the molecule is C=CCN(CCO)C(C)C(=O)NC1CCCCC1. The van der Waals surface area contributed by atoms with Crippen LogP contribution in [0.3, 0.4) is 0 Å². The molecule has 0 aliphatic heterocycles. The molecule has 0 saturated heterocycles. The molecule has 1 amide bonds. The van der Waals surface area contributed by atoms with Crippen LogP contribution >= 0.6 is 0 Å². The standard InChI is InChI=1S/C14H26N2O2/c1-3-9-16(10-11-17)12(2)14(18)15-13-7-5-4-6-8-13/h3,12-13,17H,1,4-11H2,2H3,(H,15,18). The predicted octanol–water partition coefficient (Wildman–Crippen LogP) is 1.30. The molecule has 0 spiro atoms. The van der Waals surface area contributed by atoms with Crippen LogP contribution in [-0.4, -0.2) is 47.7 Å². The van der Waals surface area contributed by atoms with Gasteiger partial charge in [-0.1, -0.05) is 25.3 Å². The minimum absolute atomic E-state index is 0.0644. The van der Waals surface area contributed by atoms with E-state index in [0.29, 0.717) is 19.1 Å². The van der Waals surface area contributed by atoms with E-state index >= 15 is 0 Å². The van der Waals surface area contributed by atoms with Gasteiger partial charge in [0, 0.05) is 19.1 Å². The lowest BCUT2D eigenvalue weighted by molar-refractivity contribution is -0.126. The molecule has 0 heterocycles. The van der Waals surface area contributed by atoms with Crippen LogP contribution in [0, 0.1) is 0 Å². The summed E-state index contributed by atoms with van der Waals surface area (Å²) in [5.74, 6) is 0.0669. The van der Waals surface area contributed by atoms with Crippen LogP contribution in [0.25, 0.3) is 0 Å². The number of aliphatic hydroxyl groups is 1. The average molecular weight is 254 g/mol. The van der Waals surface area contributed by atoms with E-state index in [4.69, 9.17) is 5.11 Å². The zero-order valence-electron chi connectivity index (χ0n) is 11.4. The molecule has 1 unspecified atom stereocenters. The summed E-state index contributed by atoms with van der Waals surface area (Å²) in [6.07, 6.45) is 7.67. The molecular formula is C14H26N2O2. The highest BCUT2D eigenvalue weighted by molar-refractivity contribution is 5.81. The molecule has 0 bridgehead atoms. The molecule has 1 fully saturated rings. The first-order valence-electron chi connectivity index (χ1n) is 6.95. The van der Waals surface area contributed by atoms with Crippen molar-refractivity contribution < 1.29 is 9.90 Å². The Morgan fingerprint density at radius 2 is 2.17 bits per heavy atom. The average Bonchev–Trinajstić information content (AvgIpc) is 2.39. The topological polar surface area (TPSA) is 52.6 Å². The first-order chi connectivity index (χ1) is 8.69. The molecule has 1 aliphatic carbocycles. The highest BCUT2D eigenvalue weighted by atomic mass is 16.3. The first kappa shape index (κ1) is 15.2. The van der Waals surface area contributed by atoms with Crippen LogP contribution in [0.2, 0.25) is 0 Å². The Morgan fingerprint density at radius 3 is 2.72 bits per heavy atom. The first-order valence-corrected chi connectivity index (χ1v) is 6.95. The van der Waals surface area contributed by atoms with Crippen LogP contribution in [0.4, 0.5) is 0 Å². The number of carbonyl (C=O) groups is 1. The highest BCUT2D eigenvalue weighted by Gasteiger charge is 2.23. The van der Waals surface area contributed by atoms with E-state index in [1.165, 1.54) is 19.3 Å². The molecule has 0 aromatic rings. The van der Waals surface area contributed by atoms with E-state index < -0.39 is 0 Å². The van der Waals surface area contributed by atoms with Gasteiger partial charge in [0.1, 0.15) is 0 Å². The Balaban J connectivity index is 2.43. The van der Waals surface area contributed by atoms with E-state index in [0.717, 1.165) is 12.8 Å². The van der Waals surface area contributed by atoms with Crippen LogP contribution in [-0.2, 0) is 4.79 Å². The maximum Gasteiger partial charge on any atom is 0.237 e. The number of amides is 1. The quantitative estimate of drug-likeness (QED) is 0.673. The lowest BCUT2D eigenvalue weighted by atomic mass is 9.95. The molecule has 0 aromatic carbocycles. The van der Waals surface area contributed by atoms with Crippen molar-refractivity contribution in [2.75, 3.05) is 19.7 Å². The van der Waals surface area contributed by atoms with Crippen LogP contribution in [0.15, 0.2) is 12.7 Å². The molecule has 18 heavy (non-hydrogen) atoms. The van der Waals surface area contributed by atoms with Gasteiger partial charge in [-0.3, -0.25) is 9.69 Å². The van der Waals surface area contributed by atoms with Gasteiger partial charge in [0.2, 0.25) is 5.91 Å². The van der Waals surface area contributed by atoms with Crippen molar-refractivity contribution in [1.82, 2.24) is 10.2 Å². The number of nitrogens with zero attached hydrogens (tertiary/aromatic N) is 1. The Bertz CT molecular complexity index is 263. The molecule has 0 aromatic heterocycles. The second kappa shape index (κ2) is 8.27. The molecule has 1 rings (SSSR count). The molecule has 4 heteroatoms. The third-order valence-corrected chi connectivity index (χ3v) is 3.63. The van der Waals surface area contributed by atoms with Gasteiger partial charge in [0.05, 0.1) is 12.6 Å². The highest BCUT2D eigenvalue weighted by Crippen LogP contribution is 2.17. The van der Waals surface area contributed by atoms with Crippen molar-refractivity contribution in [3.8, 4) is 0 Å². The second-order valence-electron chi connectivity index (χ2n) is 5.03. The fraction of sp³-hybridized carbons (Fsp3) is 0.786. The van der Waals surface area contributed by atoms with Gasteiger partial charge in [0.15, 0.2) is 0 Å². The summed E-state index contributed by atoms with van der Waals surface area (Å²) in [7, 11) is 0. The molecule has 1 saturated carbocycles. The minimum Gasteiger partial charge on any atom is -0.395 e. The fourth-order valence-corrected chi connectivity index (χ4v) is 2.47. The normalized spacial score (nSPS) is 18.6. The zero-order valence-corrected chi connectivity index (χ0v) is 11.4. The Hall–Kier alpha value is -0.870. The zero-order chi connectivity index (χ0) is 13.4. The molecule has 2 N–H and O–H groups in total. The van der Waals surface area contributed by atoms with Crippen molar-refractivity contribution in [3.05, 3.63) is 12.7 Å². The van der Waals surface area contributed by atoms with Gasteiger partial charge in [-0.2, -0.15) is 0 Å². The lowest BCUT2D eigenvalue weighted by Gasteiger charge is -2.29. The Kier molecular flexibility index (Phi) is 6.98. The summed E-state index contributed by atoms with van der Waals surface area (Å²) in [5, 5.41) is 12.1. The van der Waals surface area contributed by atoms with Crippen LogP contribution in [0.5, 0.6) is 0 Å². The van der Waals surface area contributed by atoms with E-state index in [1.807, 2.05) is 11.8 Å². The summed E-state index contributed by atoms with van der Waals surface area (Å²) in [4.78, 5) is 14.1. The number of hydrogen-bond donors (Lipinski definition) is 2. The van der Waals surface area contributed by atoms with Gasteiger partial charge in [-0.05, 0) is 19.8 Å². The summed E-state index contributed by atoms with van der Waals surface area (Å²) in [5.41, 5.74) is 0. The summed E-state index contributed by atoms with van der Waals surface area (Å²) in [6.45, 7) is 6.77. The Labute approximate surface area is 110 Å². The minimum atomic E-state index is -0.211. The van der Waals surface area contributed by atoms with Crippen molar-refractivity contribution in [1.29, 1.82) is 0 Å². The largest absolute Gasteiger partial charge is 0.395 e. The van der Waals surface area contributed by atoms with Gasteiger partial charge in [-0.25, -0.2) is 0 Å². The van der Waals surface area contributed by atoms with E-state index in [-0.39, 0.29) is 18.6 Å².